The highest BCUT2D eigenvalue weighted by Crippen LogP contribution is 2.55. The maximum atomic E-state index is 7.23. The number of benzene rings is 3. The van der Waals surface area contributed by atoms with Crippen molar-refractivity contribution in [3.8, 4) is 34.5 Å². The molecule has 0 bridgehead atoms. The van der Waals surface area contributed by atoms with Gasteiger partial charge < -0.3 is 27.5 Å². The average molecular weight is 659 g/mol. The van der Waals surface area contributed by atoms with E-state index in [2.05, 4.69) is 120 Å². The fourth-order valence-electron chi connectivity index (χ4n) is 4.24. The number of methoxy groups -OCH3 is 3. The van der Waals surface area contributed by atoms with Gasteiger partial charge in [-0.2, -0.15) is 0 Å². The largest absolute Gasteiger partial charge is 0.541 e. The molecule has 0 fully saturated rings. The lowest BCUT2D eigenvalue weighted by Crippen LogP contribution is -2.46. The molecule has 0 radical (unpaired) electrons. The summed E-state index contributed by atoms with van der Waals surface area (Å²) in [7, 11) is -1.86. The van der Waals surface area contributed by atoms with Crippen molar-refractivity contribution in [1.29, 1.82) is 0 Å². The minimum absolute atomic E-state index is 0.0152. The van der Waals surface area contributed by atoms with E-state index >= 15 is 0 Å². The van der Waals surface area contributed by atoms with Crippen LogP contribution in [0.25, 0.3) is 21.5 Å². The second kappa shape index (κ2) is 11.8. The summed E-state index contributed by atoms with van der Waals surface area (Å²) in [5, 5.41) is 3.79. The Morgan fingerprint density at radius 2 is 0.864 bits per heavy atom. The van der Waals surface area contributed by atoms with Gasteiger partial charge in [0.2, 0.25) is 5.75 Å². The fourth-order valence-corrected chi connectivity index (χ4v) is 7.28. The number of hydrogen-bond acceptors (Lipinski definition) is 6. The van der Waals surface area contributed by atoms with Crippen molar-refractivity contribution >= 4 is 46.5 Å². The zero-order chi connectivity index (χ0) is 33.8. The van der Waals surface area contributed by atoms with E-state index in [1.54, 1.807) is 21.3 Å². The van der Waals surface area contributed by atoms with Gasteiger partial charge in [-0.1, -0.05) is 68.4 Å². The lowest BCUT2D eigenvalue weighted by atomic mass is 9.99. The number of rotatable bonds is 9. The Bertz CT molecular complexity index is 1520. The Labute approximate surface area is 270 Å². The maximum Gasteiger partial charge on any atom is 0.250 e. The summed E-state index contributed by atoms with van der Waals surface area (Å²) < 4.78 is 39.4. The molecule has 0 heterocycles. The second-order valence-corrected chi connectivity index (χ2v) is 30.7. The first-order chi connectivity index (χ1) is 19.8. The zero-order valence-electron chi connectivity index (χ0n) is 30.8. The van der Waals surface area contributed by atoms with Gasteiger partial charge >= 0.3 is 0 Å². The SMILES string of the molecule is COc1cc2c(ccc3cc(OC)c(OC)c(O[Si](C)(C)C(C)(C)C)c32)c(O[Si](C)(C)C(C)(C)C)c1O[Si](C)(C)C(C)(C)C. The van der Waals surface area contributed by atoms with Crippen molar-refractivity contribution in [2.45, 2.75) is 117 Å². The van der Waals surface area contributed by atoms with E-state index < -0.39 is 25.0 Å². The number of fused-ring (bicyclic) bond motifs is 3. The maximum absolute atomic E-state index is 7.23. The lowest BCUT2D eigenvalue weighted by molar-refractivity contribution is 0.342. The topological polar surface area (TPSA) is 55.4 Å². The first-order valence-electron chi connectivity index (χ1n) is 15.6. The highest BCUT2D eigenvalue weighted by Gasteiger charge is 2.44. The summed E-state index contributed by atoms with van der Waals surface area (Å²) in [4.78, 5) is 0. The van der Waals surface area contributed by atoms with Crippen LogP contribution in [0.3, 0.4) is 0 Å². The third kappa shape index (κ3) is 6.60. The Kier molecular flexibility index (Phi) is 9.66. The van der Waals surface area contributed by atoms with Crippen LogP contribution < -0.4 is 27.5 Å². The second-order valence-electron chi connectivity index (χ2n) is 16.5. The lowest BCUT2D eigenvalue weighted by Gasteiger charge is -2.40. The molecule has 0 unspecified atom stereocenters. The summed E-state index contributed by atoms with van der Waals surface area (Å²) in [5.41, 5.74) is 0. The van der Waals surface area contributed by atoms with Crippen molar-refractivity contribution in [2.24, 2.45) is 0 Å². The smallest absolute Gasteiger partial charge is 0.250 e. The Balaban J connectivity index is 2.61. The third-order valence-corrected chi connectivity index (χ3v) is 23.3. The normalized spacial score (nSPS) is 13.7. The molecule has 3 aromatic rings. The first-order valence-corrected chi connectivity index (χ1v) is 24.4. The molecule has 0 aromatic heterocycles. The molecule has 0 aliphatic rings. The Morgan fingerprint density at radius 3 is 1.27 bits per heavy atom. The van der Waals surface area contributed by atoms with Gasteiger partial charge in [0, 0.05) is 16.2 Å². The molecule has 0 spiro atoms. The number of hydrogen-bond donors (Lipinski definition) is 0. The standard InChI is InChI=1S/C35H58O6Si3/c1-33(2,3)42(13,14)39-29-24-20-19-23-21-26(36-10)30(38-12)32(41-44(17,18)35(7,8)9)28(23)25(24)22-27(37-11)31(29)40-43(15,16)34(4,5)6/h19-22H,1-18H3. The Morgan fingerprint density at radius 1 is 0.455 bits per heavy atom. The van der Waals surface area contributed by atoms with Gasteiger partial charge in [0.1, 0.15) is 0 Å². The van der Waals surface area contributed by atoms with Gasteiger partial charge in [0.25, 0.3) is 25.0 Å². The first kappa shape index (κ1) is 36.1. The van der Waals surface area contributed by atoms with Gasteiger partial charge in [-0.3, -0.25) is 0 Å². The van der Waals surface area contributed by atoms with Crippen LogP contribution in [0.15, 0.2) is 24.3 Å². The summed E-state index contributed by atoms with van der Waals surface area (Å²) >= 11 is 0. The molecule has 0 N–H and O–H groups in total. The van der Waals surface area contributed by atoms with Crippen LogP contribution in [0.2, 0.25) is 54.4 Å². The molecule has 246 valence electrons. The molecule has 3 aromatic carbocycles. The molecule has 0 aliphatic heterocycles. The van der Waals surface area contributed by atoms with Gasteiger partial charge in [-0.05, 0) is 78.0 Å². The average Bonchev–Trinajstić information content (AvgIpc) is 2.86. The van der Waals surface area contributed by atoms with Crippen molar-refractivity contribution in [3.05, 3.63) is 24.3 Å². The molecule has 44 heavy (non-hydrogen) atoms. The highest BCUT2D eigenvalue weighted by molar-refractivity contribution is 6.76. The fraction of sp³-hybridized carbons (Fsp3) is 0.600. The minimum Gasteiger partial charge on any atom is -0.541 e. The molecule has 0 atom stereocenters. The van der Waals surface area contributed by atoms with Crippen LogP contribution in [0.5, 0.6) is 34.5 Å². The zero-order valence-corrected chi connectivity index (χ0v) is 33.8. The summed E-state index contributed by atoms with van der Waals surface area (Å²) in [6.07, 6.45) is 0. The van der Waals surface area contributed by atoms with E-state index in [1.165, 1.54) is 0 Å². The predicted octanol–water partition coefficient (Wildman–Crippen LogP) is 11.2. The molecule has 0 aliphatic carbocycles. The van der Waals surface area contributed by atoms with Crippen molar-refractivity contribution in [1.82, 2.24) is 0 Å². The third-order valence-electron chi connectivity index (χ3n) is 10.3. The Hall–Kier alpha value is -2.37. The molecular formula is C35H58O6Si3. The van der Waals surface area contributed by atoms with Crippen LogP contribution in [-0.2, 0) is 0 Å². The van der Waals surface area contributed by atoms with Crippen LogP contribution in [0.4, 0.5) is 0 Å². The summed E-state index contributed by atoms with van der Waals surface area (Å²) in [6, 6.07) is 8.37. The minimum atomic E-state index is -2.32. The van der Waals surface area contributed by atoms with E-state index in [0.717, 1.165) is 27.3 Å². The highest BCUT2D eigenvalue weighted by atomic mass is 28.4. The predicted molar refractivity (Wildman–Crippen MR) is 195 cm³/mol. The monoisotopic (exact) mass is 658 g/mol. The van der Waals surface area contributed by atoms with E-state index in [4.69, 9.17) is 27.5 Å². The van der Waals surface area contributed by atoms with Gasteiger partial charge in [0.05, 0.1) is 21.3 Å². The van der Waals surface area contributed by atoms with Crippen LogP contribution in [0.1, 0.15) is 62.3 Å². The van der Waals surface area contributed by atoms with Gasteiger partial charge in [-0.15, -0.1) is 0 Å². The van der Waals surface area contributed by atoms with Crippen LogP contribution >= 0.6 is 0 Å². The quantitative estimate of drug-likeness (QED) is 0.168. The van der Waals surface area contributed by atoms with Gasteiger partial charge in [-0.25, -0.2) is 0 Å². The molecule has 0 amide bonds. The van der Waals surface area contributed by atoms with Crippen molar-refractivity contribution in [2.75, 3.05) is 21.3 Å². The molecule has 6 nitrogen and oxygen atoms in total. The van der Waals surface area contributed by atoms with Crippen LogP contribution in [-0.4, -0.2) is 46.3 Å². The molecular weight excluding hydrogens is 601 g/mol. The molecule has 0 saturated heterocycles. The van der Waals surface area contributed by atoms with E-state index in [1.807, 2.05) is 6.07 Å². The molecule has 3 rings (SSSR count). The van der Waals surface area contributed by atoms with Crippen LogP contribution in [0, 0.1) is 0 Å². The van der Waals surface area contributed by atoms with Crippen molar-refractivity contribution < 1.29 is 27.5 Å². The van der Waals surface area contributed by atoms with E-state index in [9.17, 15) is 0 Å². The number of ether oxygens (including phenoxy) is 3. The molecule has 0 saturated carbocycles. The van der Waals surface area contributed by atoms with E-state index in [-0.39, 0.29) is 15.1 Å². The molecule has 9 heteroatoms. The summed E-state index contributed by atoms with van der Waals surface area (Å²) in [6.45, 7) is 33.8. The summed E-state index contributed by atoms with van der Waals surface area (Å²) in [5.74, 6) is 3.99. The van der Waals surface area contributed by atoms with Gasteiger partial charge in [0.15, 0.2) is 28.7 Å². The van der Waals surface area contributed by atoms with Crippen molar-refractivity contribution in [3.63, 3.8) is 0 Å². The van der Waals surface area contributed by atoms with E-state index in [0.29, 0.717) is 28.7 Å².